The fraction of sp³-hybridized carbons (Fsp3) is 0.333. The standard InChI is InChI=1S/C21H24ClN3O3/c1-14-12-25(13-15(2)28-14)21(27)16-6-8-18(9-7-16)23-11-20(26)24-19-5-3-4-17(22)10-19/h3-10,14-15,23H,11-13H2,1-2H3,(H,24,26). The van der Waals surface area contributed by atoms with Crippen LogP contribution < -0.4 is 10.6 Å². The number of carbonyl (C=O) groups is 2. The monoisotopic (exact) mass is 401 g/mol. The number of carbonyl (C=O) groups excluding carboxylic acids is 2. The molecule has 0 radical (unpaired) electrons. The quantitative estimate of drug-likeness (QED) is 0.802. The highest BCUT2D eigenvalue weighted by Crippen LogP contribution is 2.17. The zero-order valence-corrected chi connectivity index (χ0v) is 16.7. The van der Waals surface area contributed by atoms with Gasteiger partial charge in [0, 0.05) is 35.1 Å². The maximum atomic E-state index is 12.7. The highest BCUT2D eigenvalue weighted by molar-refractivity contribution is 6.30. The molecule has 148 valence electrons. The van der Waals surface area contributed by atoms with Crippen LogP contribution in [0.5, 0.6) is 0 Å². The largest absolute Gasteiger partial charge is 0.376 e. The number of nitrogens with one attached hydrogen (secondary N) is 2. The maximum Gasteiger partial charge on any atom is 0.254 e. The van der Waals surface area contributed by atoms with Gasteiger partial charge in [0.25, 0.3) is 5.91 Å². The Balaban J connectivity index is 1.52. The lowest BCUT2D eigenvalue weighted by Gasteiger charge is -2.35. The Morgan fingerprint density at radius 1 is 1.07 bits per heavy atom. The summed E-state index contributed by atoms with van der Waals surface area (Å²) < 4.78 is 5.68. The summed E-state index contributed by atoms with van der Waals surface area (Å²) in [6, 6.07) is 14.1. The molecule has 1 saturated heterocycles. The Morgan fingerprint density at radius 3 is 2.39 bits per heavy atom. The molecular formula is C21H24ClN3O3. The first-order valence-electron chi connectivity index (χ1n) is 9.25. The van der Waals surface area contributed by atoms with Crippen LogP contribution in [0.15, 0.2) is 48.5 Å². The first-order valence-corrected chi connectivity index (χ1v) is 9.62. The van der Waals surface area contributed by atoms with Crippen LogP contribution in [0.25, 0.3) is 0 Å². The third kappa shape index (κ3) is 5.47. The zero-order valence-electron chi connectivity index (χ0n) is 15.9. The molecule has 0 aromatic heterocycles. The van der Waals surface area contributed by atoms with E-state index >= 15 is 0 Å². The van der Waals surface area contributed by atoms with Crippen LogP contribution in [0, 0.1) is 0 Å². The van der Waals surface area contributed by atoms with Crippen molar-refractivity contribution in [2.75, 3.05) is 30.3 Å². The van der Waals surface area contributed by atoms with Gasteiger partial charge in [-0.25, -0.2) is 0 Å². The van der Waals surface area contributed by atoms with Crippen LogP contribution in [0.2, 0.25) is 5.02 Å². The van der Waals surface area contributed by atoms with Crippen molar-refractivity contribution in [3.05, 3.63) is 59.1 Å². The van der Waals surface area contributed by atoms with Crippen molar-refractivity contribution in [3.8, 4) is 0 Å². The Kier molecular flexibility index (Phi) is 6.54. The topological polar surface area (TPSA) is 70.7 Å². The van der Waals surface area contributed by atoms with E-state index in [1.165, 1.54) is 0 Å². The number of amides is 2. The Labute approximate surface area is 169 Å². The van der Waals surface area contributed by atoms with E-state index in [0.29, 0.717) is 29.4 Å². The molecule has 2 atom stereocenters. The highest BCUT2D eigenvalue weighted by Gasteiger charge is 2.26. The van der Waals surface area contributed by atoms with Gasteiger partial charge in [0.2, 0.25) is 5.91 Å². The minimum atomic E-state index is -0.182. The number of rotatable bonds is 5. The number of hydrogen-bond acceptors (Lipinski definition) is 4. The minimum Gasteiger partial charge on any atom is -0.376 e. The lowest BCUT2D eigenvalue weighted by atomic mass is 10.1. The molecule has 1 fully saturated rings. The molecule has 3 rings (SSSR count). The number of anilines is 2. The van der Waals surface area contributed by atoms with E-state index in [0.717, 1.165) is 5.69 Å². The van der Waals surface area contributed by atoms with E-state index < -0.39 is 0 Å². The molecule has 0 saturated carbocycles. The highest BCUT2D eigenvalue weighted by atomic mass is 35.5. The predicted octanol–water partition coefficient (Wildman–Crippen LogP) is 3.64. The van der Waals surface area contributed by atoms with Gasteiger partial charge in [-0.05, 0) is 56.3 Å². The summed E-state index contributed by atoms with van der Waals surface area (Å²) in [5.74, 6) is -0.189. The summed E-state index contributed by atoms with van der Waals surface area (Å²) in [7, 11) is 0. The summed E-state index contributed by atoms with van der Waals surface area (Å²) in [5.41, 5.74) is 2.03. The molecule has 28 heavy (non-hydrogen) atoms. The third-order valence-electron chi connectivity index (χ3n) is 4.40. The average molecular weight is 402 g/mol. The van der Waals surface area contributed by atoms with Gasteiger partial charge in [-0.15, -0.1) is 0 Å². The Hall–Kier alpha value is -2.57. The summed E-state index contributed by atoms with van der Waals surface area (Å²) in [6.45, 7) is 5.23. The molecular weight excluding hydrogens is 378 g/mol. The molecule has 2 aromatic carbocycles. The first-order chi connectivity index (χ1) is 13.4. The molecule has 7 heteroatoms. The van der Waals surface area contributed by atoms with Crippen molar-refractivity contribution in [1.82, 2.24) is 4.90 Å². The molecule has 2 unspecified atom stereocenters. The van der Waals surface area contributed by atoms with Gasteiger partial charge in [0.05, 0.1) is 18.8 Å². The van der Waals surface area contributed by atoms with Crippen molar-refractivity contribution in [2.45, 2.75) is 26.1 Å². The summed E-state index contributed by atoms with van der Waals surface area (Å²) >= 11 is 5.91. The molecule has 1 heterocycles. The molecule has 0 aliphatic carbocycles. The second kappa shape index (κ2) is 9.08. The Morgan fingerprint density at radius 2 is 1.75 bits per heavy atom. The lowest BCUT2D eigenvalue weighted by Crippen LogP contribution is -2.48. The fourth-order valence-corrected chi connectivity index (χ4v) is 3.40. The van der Waals surface area contributed by atoms with E-state index in [9.17, 15) is 9.59 Å². The Bertz CT molecular complexity index is 831. The molecule has 0 bridgehead atoms. The molecule has 2 aromatic rings. The molecule has 2 N–H and O–H groups in total. The number of halogens is 1. The van der Waals surface area contributed by atoms with Crippen LogP contribution in [0.3, 0.4) is 0 Å². The van der Waals surface area contributed by atoms with Gasteiger partial charge in [0.1, 0.15) is 0 Å². The van der Waals surface area contributed by atoms with Crippen molar-refractivity contribution in [3.63, 3.8) is 0 Å². The van der Waals surface area contributed by atoms with Crippen molar-refractivity contribution in [1.29, 1.82) is 0 Å². The van der Waals surface area contributed by atoms with Crippen molar-refractivity contribution in [2.24, 2.45) is 0 Å². The van der Waals surface area contributed by atoms with E-state index in [1.54, 1.807) is 48.5 Å². The SMILES string of the molecule is CC1CN(C(=O)c2ccc(NCC(=O)Nc3cccc(Cl)c3)cc2)CC(C)O1. The molecule has 2 amide bonds. The van der Waals surface area contributed by atoms with Crippen molar-refractivity contribution >= 4 is 34.8 Å². The van der Waals surface area contributed by atoms with Gasteiger partial charge in [0.15, 0.2) is 0 Å². The van der Waals surface area contributed by atoms with E-state index in [-0.39, 0.29) is 30.6 Å². The van der Waals surface area contributed by atoms with E-state index in [1.807, 2.05) is 18.7 Å². The van der Waals surface area contributed by atoms with Crippen LogP contribution in [0.4, 0.5) is 11.4 Å². The van der Waals surface area contributed by atoms with Crippen molar-refractivity contribution < 1.29 is 14.3 Å². The van der Waals surface area contributed by atoms with E-state index in [4.69, 9.17) is 16.3 Å². The normalized spacial score (nSPS) is 19.2. The van der Waals surface area contributed by atoms with Crippen LogP contribution in [-0.2, 0) is 9.53 Å². The average Bonchev–Trinajstić information content (AvgIpc) is 2.65. The second-order valence-corrected chi connectivity index (χ2v) is 7.39. The summed E-state index contributed by atoms with van der Waals surface area (Å²) in [5, 5.41) is 6.39. The van der Waals surface area contributed by atoms with Crippen LogP contribution in [0.1, 0.15) is 24.2 Å². The van der Waals surface area contributed by atoms with Gasteiger partial charge in [-0.2, -0.15) is 0 Å². The third-order valence-corrected chi connectivity index (χ3v) is 4.64. The van der Waals surface area contributed by atoms with Crippen LogP contribution in [-0.4, -0.2) is 48.6 Å². The van der Waals surface area contributed by atoms with E-state index in [2.05, 4.69) is 10.6 Å². The number of benzene rings is 2. The number of ether oxygens (including phenoxy) is 1. The predicted molar refractivity (Wildman–Crippen MR) is 111 cm³/mol. The summed E-state index contributed by atoms with van der Waals surface area (Å²) in [4.78, 5) is 26.5. The number of nitrogens with zero attached hydrogens (tertiary/aromatic N) is 1. The molecule has 1 aliphatic rings. The number of hydrogen-bond donors (Lipinski definition) is 2. The van der Waals surface area contributed by atoms with Crippen LogP contribution >= 0.6 is 11.6 Å². The van der Waals surface area contributed by atoms with Gasteiger partial charge in [-0.1, -0.05) is 17.7 Å². The first kappa shape index (κ1) is 20.2. The summed E-state index contributed by atoms with van der Waals surface area (Å²) in [6.07, 6.45) is 0.0679. The smallest absolute Gasteiger partial charge is 0.254 e. The fourth-order valence-electron chi connectivity index (χ4n) is 3.21. The zero-order chi connectivity index (χ0) is 20.1. The minimum absolute atomic E-state index is 0.00718. The molecule has 0 spiro atoms. The van der Waals surface area contributed by atoms with Gasteiger partial charge < -0.3 is 20.3 Å². The molecule has 6 nitrogen and oxygen atoms in total. The number of morpholine rings is 1. The van der Waals surface area contributed by atoms with Gasteiger partial charge in [-0.3, -0.25) is 9.59 Å². The maximum absolute atomic E-state index is 12.7. The molecule has 1 aliphatic heterocycles. The lowest BCUT2D eigenvalue weighted by molar-refractivity contribution is -0.114. The van der Waals surface area contributed by atoms with Gasteiger partial charge >= 0.3 is 0 Å². The second-order valence-electron chi connectivity index (χ2n) is 6.96.